The van der Waals surface area contributed by atoms with E-state index in [-0.39, 0.29) is 23.2 Å². The van der Waals surface area contributed by atoms with Gasteiger partial charge in [-0.15, -0.1) is 0 Å². The molecule has 0 unspecified atom stereocenters. The smallest absolute Gasteiger partial charge is 0.322 e. The number of hydrogen-bond acceptors (Lipinski definition) is 4. The molecule has 8 rings (SSSR count). The van der Waals surface area contributed by atoms with Gasteiger partial charge in [-0.25, -0.2) is 26.9 Å². The number of hydrogen-bond donors (Lipinski definition) is 2. The van der Waals surface area contributed by atoms with Gasteiger partial charge in [-0.3, -0.25) is 9.59 Å². The minimum atomic E-state index is -4.55. The SMILES string of the molecule is O=C(Nc1ccc(-n2nc(C(F)(F)F)cc2C2CC2)cc1)c1c(F)cccc1F.O=C(Nc1ccc(-n2nc(C(F)(F)F)cc2C2CC2)cc1)c1cccc(F)c1F. The molecule has 2 N–H and O–H groups in total. The largest absolute Gasteiger partial charge is 0.435 e. The zero-order chi connectivity index (χ0) is 41.5. The standard InChI is InChI=1S/2C20H14F5N3O/c21-14-2-1-3-15(22)18(14)19(29)26-12-6-8-13(9-7-12)28-16(11-4-5-11)10-17(27-28)20(23,24)25;21-15-3-1-2-14(18(15)22)19(29)26-12-6-8-13(9-7-12)28-16(11-4-5-11)10-17(27-28)20(23,24)25/h2*1-3,6-11H,4-5H2,(H,26,29). The molecule has 300 valence electrons. The highest BCUT2D eigenvalue weighted by Gasteiger charge is 2.39. The average molecular weight is 815 g/mol. The monoisotopic (exact) mass is 814 g/mol. The summed E-state index contributed by atoms with van der Waals surface area (Å²) in [5, 5.41) is 12.2. The zero-order valence-corrected chi connectivity index (χ0v) is 29.6. The molecule has 2 aliphatic rings. The van der Waals surface area contributed by atoms with E-state index in [1.165, 1.54) is 64.0 Å². The summed E-state index contributed by atoms with van der Waals surface area (Å²) in [5.74, 6) is -6.13. The first kappa shape index (κ1) is 39.8. The van der Waals surface area contributed by atoms with Crippen LogP contribution in [-0.2, 0) is 12.4 Å². The molecule has 18 heteroatoms. The van der Waals surface area contributed by atoms with Crippen LogP contribution in [0.4, 0.5) is 55.3 Å². The highest BCUT2D eigenvalue weighted by atomic mass is 19.4. The number of anilines is 2. The fourth-order valence-corrected chi connectivity index (χ4v) is 5.98. The summed E-state index contributed by atoms with van der Waals surface area (Å²) in [6.07, 6.45) is -5.90. The van der Waals surface area contributed by atoms with E-state index >= 15 is 0 Å². The van der Waals surface area contributed by atoms with Gasteiger partial charge in [-0.1, -0.05) is 12.1 Å². The third kappa shape index (κ3) is 8.74. The Morgan fingerprint density at radius 2 is 0.948 bits per heavy atom. The van der Waals surface area contributed by atoms with Crippen molar-refractivity contribution in [2.45, 2.75) is 49.9 Å². The molecule has 2 aromatic heterocycles. The fourth-order valence-electron chi connectivity index (χ4n) is 5.98. The number of nitrogens with zero attached hydrogens (tertiary/aromatic N) is 4. The fraction of sp³-hybridized carbons (Fsp3) is 0.200. The van der Waals surface area contributed by atoms with Crippen LogP contribution in [0, 0.1) is 23.3 Å². The lowest BCUT2D eigenvalue weighted by molar-refractivity contribution is -0.142. The van der Waals surface area contributed by atoms with Gasteiger partial charge in [0, 0.05) is 34.6 Å². The van der Waals surface area contributed by atoms with Gasteiger partial charge in [0.25, 0.3) is 11.8 Å². The Labute approximate surface area is 322 Å². The number of carbonyl (C=O) groups is 2. The maximum Gasteiger partial charge on any atom is 0.435 e. The Balaban J connectivity index is 0.000000177. The van der Waals surface area contributed by atoms with E-state index < -0.39 is 70.0 Å². The number of benzene rings is 4. The van der Waals surface area contributed by atoms with Crippen molar-refractivity contribution in [3.05, 3.63) is 154 Å². The van der Waals surface area contributed by atoms with Crippen LogP contribution < -0.4 is 10.6 Å². The summed E-state index contributed by atoms with van der Waals surface area (Å²) < 4.78 is 135. The quantitative estimate of drug-likeness (QED) is 0.150. The second-order valence-electron chi connectivity index (χ2n) is 13.5. The van der Waals surface area contributed by atoms with Gasteiger partial charge in [0.15, 0.2) is 23.0 Å². The molecule has 2 aliphatic carbocycles. The predicted molar refractivity (Wildman–Crippen MR) is 190 cm³/mol. The van der Waals surface area contributed by atoms with Gasteiger partial charge in [0.05, 0.1) is 16.9 Å². The molecule has 4 aromatic carbocycles. The number of halogens is 10. The van der Waals surface area contributed by atoms with Crippen LogP contribution in [0.1, 0.15) is 81.0 Å². The number of alkyl halides is 6. The van der Waals surface area contributed by atoms with Crippen molar-refractivity contribution in [1.82, 2.24) is 19.6 Å². The second kappa shape index (κ2) is 15.5. The molecule has 2 saturated carbocycles. The van der Waals surface area contributed by atoms with E-state index in [1.54, 1.807) is 0 Å². The number of carbonyl (C=O) groups excluding carboxylic acids is 2. The Bertz CT molecular complexity index is 2460. The van der Waals surface area contributed by atoms with Gasteiger partial charge in [-0.05, 0) is 111 Å². The minimum Gasteiger partial charge on any atom is -0.322 e. The Hall–Kier alpha value is -6.46. The second-order valence-corrected chi connectivity index (χ2v) is 13.5. The summed E-state index contributed by atoms with van der Waals surface area (Å²) in [6, 6.07) is 20.2. The zero-order valence-electron chi connectivity index (χ0n) is 29.6. The molecular formula is C40H28F10N6O2. The molecule has 2 fully saturated rings. The Kier molecular flexibility index (Phi) is 10.6. The Morgan fingerprint density at radius 3 is 1.36 bits per heavy atom. The van der Waals surface area contributed by atoms with Crippen molar-refractivity contribution in [3.8, 4) is 11.4 Å². The maximum absolute atomic E-state index is 13.7. The molecule has 2 heterocycles. The number of aromatic nitrogens is 4. The lowest BCUT2D eigenvalue weighted by Gasteiger charge is -2.10. The van der Waals surface area contributed by atoms with Gasteiger partial charge in [-0.2, -0.15) is 36.5 Å². The van der Waals surface area contributed by atoms with Crippen molar-refractivity contribution < 1.29 is 53.5 Å². The lowest BCUT2D eigenvalue weighted by atomic mass is 10.1. The summed E-state index contributed by atoms with van der Waals surface area (Å²) in [5.41, 5.74) is -0.837. The molecule has 58 heavy (non-hydrogen) atoms. The predicted octanol–water partition coefficient (Wildman–Crippen LogP) is 10.6. The van der Waals surface area contributed by atoms with Crippen molar-refractivity contribution in [2.24, 2.45) is 0 Å². The third-order valence-electron chi connectivity index (χ3n) is 9.17. The van der Waals surface area contributed by atoms with Crippen LogP contribution >= 0.6 is 0 Å². The maximum atomic E-state index is 13.7. The van der Waals surface area contributed by atoms with Crippen molar-refractivity contribution >= 4 is 23.2 Å². The number of nitrogens with one attached hydrogen (secondary N) is 2. The van der Waals surface area contributed by atoms with Crippen LogP contribution in [0.25, 0.3) is 11.4 Å². The van der Waals surface area contributed by atoms with Gasteiger partial charge < -0.3 is 10.6 Å². The molecule has 0 spiro atoms. The first-order valence-corrected chi connectivity index (χ1v) is 17.5. The first-order chi connectivity index (χ1) is 27.5. The highest BCUT2D eigenvalue weighted by Crippen LogP contribution is 2.44. The first-order valence-electron chi connectivity index (χ1n) is 17.5. The minimum absolute atomic E-state index is 0.0296. The summed E-state index contributed by atoms with van der Waals surface area (Å²) in [4.78, 5) is 24.3. The molecule has 0 aliphatic heterocycles. The number of rotatable bonds is 8. The van der Waals surface area contributed by atoms with Crippen LogP contribution in [0.15, 0.2) is 97.1 Å². The van der Waals surface area contributed by atoms with Crippen molar-refractivity contribution in [1.29, 1.82) is 0 Å². The van der Waals surface area contributed by atoms with E-state index in [0.717, 1.165) is 68.1 Å². The summed E-state index contributed by atoms with van der Waals surface area (Å²) in [6.45, 7) is 0. The van der Waals surface area contributed by atoms with E-state index in [4.69, 9.17) is 0 Å². The summed E-state index contributed by atoms with van der Waals surface area (Å²) >= 11 is 0. The topological polar surface area (TPSA) is 93.8 Å². The van der Waals surface area contributed by atoms with Crippen LogP contribution in [0.2, 0.25) is 0 Å². The van der Waals surface area contributed by atoms with E-state index in [0.29, 0.717) is 22.8 Å². The average Bonchev–Trinajstić information content (AvgIpc) is 4.11. The van der Waals surface area contributed by atoms with Crippen LogP contribution in [0.5, 0.6) is 0 Å². The van der Waals surface area contributed by atoms with E-state index in [1.807, 2.05) is 0 Å². The summed E-state index contributed by atoms with van der Waals surface area (Å²) in [7, 11) is 0. The molecule has 0 saturated heterocycles. The van der Waals surface area contributed by atoms with Gasteiger partial charge in [0.2, 0.25) is 0 Å². The molecule has 6 aromatic rings. The molecule has 0 bridgehead atoms. The van der Waals surface area contributed by atoms with E-state index in [9.17, 15) is 53.5 Å². The lowest BCUT2D eigenvalue weighted by Crippen LogP contribution is -2.15. The Morgan fingerprint density at radius 1 is 0.552 bits per heavy atom. The van der Waals surface area contributed by atoms with Gasteiger partial charge >= 0.3 is 12.4 Å². The number of amides is 2. The third-order valence-corrected chi connectivity index (χ3v) is 9.17. The molecule has 2 amide bonds. The molecule has 0 atom stereocenters. The van der Waals surface area contributed by atoms with Crippen molar-refractivity contribution in [2.75, 3.05) is 10.6 Å². The van der Waals surface area contributed by atoms with Crippen LogP contribution in [0.3, 0.4) is 0 Å². The normalized spacial score (nSPS) is 14.1. The molecule has 0 radical (unpaired) electrons. The van der Waals surface area contributed by atoms with Crippen molar-refractivity contribution in [3.63, 3.8) is 0 Å². The highest BCUT2D eigenvalue weighted by molar-refractivity contribution is 6.05. The van der Waals surface area contributed by atoms with Gasteiger partial charge in [0.1, 0.15) is 17.2 Å². The van der Waals surface area contributed by atoms with Crippen LogP contribution in [-0.4, -0.2) is 31.4 Å². The molecular weight excluding hydrogens is 786 g/mol. The van der Waals surface area contributed by atoms with E-state index in [2.05, 4.69) is 20.8 Å². The molecule has 8 nitrogen and oxygen atoms in total.